The first kappa shape index (κ1) is 15.4. The lowest BCUT2D eigenvalue weighted by molar-refractivity contribution is -0.384. The lowest BCUT2D eigenvalue weighted by Crippen LogP contribution is -2.11. The van der Waals surface area contributed by atoms with Crippen LogP contribution in [-0.4, -0.2) is 4.92 Å². The summed E-state index contributed by atoms with van der Waals surface area (Å²) in [6, 6.07) is 9.05. The Bertz CT molecular complexity index is 680. The normalized spacial score (nSPS) is 10.2. The summed E-state index contributed by atoms with van der Waals surface area (Å²) in [7, 11) is 0. The number of anilines is 1. The number of hydrazine groups is 1. The number of hydrogen-bond acceptors (Lipinski definition) is 5. The van der Waals surface area contributed by atoms with E-state index < -0.39 is 4.92 Å². The molecule has 2 rings (SSSR count). The van der Waals surface area contributed by atoms with Gasteiger partial charge in [-0.2, -0.15) is 0 Å². The summed E-state index contributed by atoms with van der Waals surface area (Å²) in [6.45, 7) is 0.0568. The molecule has 0 spiro atoms. The molecule has 0 heterocycles. The molecule has 0 bridgehead atoms. The van der Waals surface area contributed by atoms with Crippen LogP contribution in [0.4, 0.5) is 11.4 Å². The van der Waals surface area contributed by atoms with E-state index in [0.717, 1.165) is 0 Å². The second-order valence-corrected chi connectivity index (χ2v) is 4.95. The van der Waals surface area contributed by atoms with Gasteiger partial charge in [-0.15, -0.1) is 0 Å². The van der Waals surface area contributed by atoms with E-state index in [0.29, 0.717) is 27.0 Å². The van der Waals surface area contributed by atoms with Gasteiger partial charge in [0, 0.05) is 28.8 Å². The van der Waals surface area contributed by atoms with Gasteiger partial charge in [-0.25, -0.2) is 0 Å². The fourth-order valence-corrected chi connectivity index (χ4v) is 2.03. The molecule has 0 aromatic heterocycles. The number of non-ortho nitro benzene ring substituents is 1. The van der Waals surface area contributed by atoms with Crippen LogP contribution < -0.4 is 16.0 Å². The number of nitrogen functional groups attached to an aromatic ring is 1. The zero-order valence-corrected chi connectivity index (χ0v) is 12.2. The molecular formula is C13H11Cl2N3O3. The minimum absolute atomic E-state index is 0.0511. The second-order valence-electron chi connectivity index (χ2n) is 4.11. The molecule has 0 fully saturated rings. The molecule has 0 atom stereocenters. The lowest BCUT2D eigenvalue weighted by atomic mass is 10.1. The minimum Gasteiger partial charge on any atom is -0.487 e. The zero-order chi connectivity index (χ0) is 15.4. The van der Waals surface area contributed by atoms with E-state index in [1.54, 1.807) is 18.2 Å². The predicted molar refractivity (Wildman–Crippen MR) is 81.7 cm³/mol. The topological polar surface area (TPSA) is 90.4 Å². The molecule has 0 aliphatic rings. The van der Waals surface area contributed by atoms with Gasteiger partial charge >= 0.3 is 0 Å². The van der Waals surface area contributed by atoms with Crippen molar-refractivity contribution in [1.82, 2.24) is 0 Å². The first-order valence-corrected chi connectivity index (χ1v) is 6.58. The molecule has 6 nitrogen and oxygen atoms in total. The Hall–Kier alpha value is -2.02. The average Bonchev–Trinajstić information content (AvgIpc) is 2.47. The Labute approximate surface area is 130 Å². The van der Waals surface area contributed by atoms with E-state index in [2.05, 4.69) is 5.43 Å². The van der Waals surface area contributed by atoms with Crippen LogP contribution in [0.2, 0.25) is 10.0 Å². The molecule has 3 N–H and O–H groups in total. The molecular weight excluding hydrogens is 317 g/mol. The highest BCUT2D eigenvalue weighted by molar-refractivity contribution is 6.34. The summed E-state index contributed by atoms with van der Waals surface area (Å²) in [5, 5.41) is 11.7. The highest BCUT2D eigenvalue weighted by Crippen LogP contribution is 2.29. The van der Waals surface area contributed by atoms with Crippen LogP contribution >= 0.6 is 23.2 Å². The largest absolute Gasteiger partial charge is 0.487 e. The smallest absolute Gasteiger partial charge is 0.269 e. The van der Waals surface area contributed by atoms with Gasteiger partial charge < -0.3 is 10.2 Å². The van der Waals surface area contributed by atoms with Crippen LogP contribution in [0.5, 0.6) is 5.75 Å². The molecule has 0 saturated heterocycles. The molecule has 0 unspecified atom stereocenters. The molecule has 2 aromatic carbocycles. The second kappa shape index (κ2) is 6.62. The minimum atomic E-state index is -0.490. The first-order valence-electron chi connectivity index (χ1n) is 5.83. The van der Waals surface area contributed by atoms with E-state index >= 15 is 0 Å². The molecule has 0 aliphatic carbocycles. The Balaban J connectivity index is 2.24. The number of nitrogens with one attached hydrogen (secondary N) is 1. The number of benzene rings is 2. The van der Waals surface area contributed by atoms with E-state index in [1.807, 2.05) is 0 Å². The predicted octanol–water partition coefficient (Wildman–Crippen LogP) is 3.77. The van der Waals surface area contributed by atoms with Crippen LogP contribution in [0.15, 0.2) is 36.4 Å². The molecule has 2 aromatic rings. The number of halogens is 2. The summed E-state index contributed by atoms with van der Waals surface area (Å²) in [6.07, 6.45) is 0. The van der Waals surface area contributed by atoms with Gasteiger partial charge in [-0.3, -0.25) is 16.0 Å². The third-order valence-electron chi connectivity index (χ3n) is 2.73. The third kappa shape index (κ3) is 3.75. The molecule has 21 heavy (non-hydrogen) atoms. The van der Waals surface area contributed by atoms with E-state index in [4.69, 9.17) is 33.8 Å². The van der Waals surface area contributed by atoms with E-state index in [9.17, 15) is 10.1 Å². The summed E-state index contributed by atoms with van der Waals surface area (Å²) in [4.78, 5) is 10.3. The van der Waals surface area contributed by atoms with Crippen LogP contribution in [-0.2, 0) is 6.61 Å². The van der Waals surface area contributed by atoms with Gasteiger partial charge in [0.2, 0.25) is 0 Å². The Morgan fingerprint density at radius 3 is 2.67 bits per heavy atom. The molecule has 0 aliphatic heterocycles. The van der Waals surface area contributed by atoms with Crippen LogP contribution in [0.3, 0.4) is 0 Å². The Morgan fingerprint density at radius 2 is 2.00 bits per heavy atom. The number of nitro benzene ring substituents is 1. The van der Waals surface area contributed by atoms with Gasteiger partial charge in [-0.1, -0.05) is 23.2 Å². The van der Waals surface area contributed by atoms with E-state index in [1.165, 1.54) is 18.2 Å². The number of nitro groups is 1. The van der Waals surface area contributed by atoms with E-state index in [-0.39, 0.29) is 12.3 Å². The molecule has 110 valence electrons. The summed E-state index contributed by atoms with van der Waals surface area (Å²) < 4.78 is 5.55. The van der Waals surface area contributed by atoms with Crippen molar-refractivity contribution >= 4 is 34.6 Å². The summed E-state index contributed by atoms with van der Waals surface area (Å²) in [5.41, 5.74) is 3.47. The number of hydrogen-bond donors (Lipinski definition) is 2. The highest BCUT2D eigenvalue weighted by Gasteiger charge is 2.12. The van der Waals surface area contributed by atoms with Crippen LogP contribution in [0, 0.1) is 10.1 Å². The van der Waals surface area contributed by atoms with Crippen LogP contribution in [0.1, 0.15) is 5.56 Å². The zero-order valence-electron chi connectivity index (χ0n) is 10.7. The third-order valence-corrected chi connectivity index (χ3v) is 3.28. The fourth-order valence-electron chi connectivity index (χ4n) is 1.70. The van der Waals surface area contributed by atoms with Crippen molar-refractivity contribution in [1.29, 1.82) is 0 Å². The van der Waals surface area contributed by atoms with Gasteiger partial charge in [0.15, 0.2) is 0 Å². The maximum atomic E-state index is 10.8. The van der Waals surface area contributed by atoms with Crippen molar-refractivity contribution in [3.8, 4) is 5.75 Å². The Morgan fingerprint density at radius 1 is 1.24 bits per heavy atom. The van der Waals surface area contributed by atoms with Gasteiger partial charge in [0.1, 0.15) is 12.4 Å². The number of ether oxygens (including phenoxy) is 1. The average molecular weight is 328 g/mol. The van der Waals surface area contributed by atoms with Gasteiger partial charge in [0.05, 0.1) is 15.6 Å². The van der Waals surface area contributed by atoms with Crippen molar-refractivity contribution in [2.24, 2.45) is 5.84 Å². The van der Waals surface area contributed by atoms with Gasteiger partial charge in [0.25, 0.3) is 5.69 Å². The van der Waals surface area contributed by atoms with Crippen molar-refractivity contribution in [2.45, 2.75) is 6.61 Å². The van der Waals surface area contributed by atoms with Crippen molar-refractivity contribution in [3.63, 3.8) is 0 Å². The first-order chi connectivity index (χ1) is 10.0. The molecule has 0 amide bonds. The van der Waals surface area contributed by atoms with Crippen molar-refractivity contribution in [3.05, 3.63) is 62.1 Å². The summed E-state index contributed by atoms with van der Waals surface area (Å²) >= 11 is 11.8. The SMILES string of the molecule is NNc1ccc([N+](=O)[O-])cc1COc1cc(Cl)ccc1Cl. The van der Waals surface area contributed by atoms with Crippen LogP contribution in [0.25, 0.3) is 0 Å². The number of nitrogens with zero attached hydrogens (tertiary/aromatic N) is 1. The maximum absolute atomic E-state index is 10.8. The summed E-state index contributed by atoms with van der Waals surface area (Å²) in [5.74, 6) is 5.76. The Kier molecular flexibility index (Phi) is 4.85. The highest BCUT2D eigenvalue weighted by atomic mass is 35.5. The molecule has 8 heteroatoms. The quantitative estimate of drug-likeness (QED) is 0.495. The number of rotatable bonds is 5. The van der Waals surface area contributed by atoms with Crippen molar-refractivity contribution < 1.29 is 9.66 Å². The maximum Gasteiger partial charge on any atom is 0.269 e. The molecule has 0 radical (unpaired) electrons. The standard InChI is InChI=1S/C13H11Cl2N3O3/c14-9-1-3-11(15)13(6-9)21-7-8-5-10(18(19)20)2-4-12(8)17-16/h1-6,17H,7,16H2. The molecule has 0 saturated carbocycles. The van der Waals surface area contributed by atoms with Gasteiger partial charge in [-0.05, 0) is 18.2 Å². The fraction of sp³-hybridized carbons (Fsp3) is 0.0769. The van der Waals surface area contributed by atoms with Crippen molar-refractivity contribution in [2.75, 3.05) is 5.43 Å². The number of nitrogens with two attached hydrogens (primary N) is 1. The lowest BCUT2D eigenvalue weighted by Gasteiger charge is -2.11. The monoisotopic (exact) mass is 327 g/mol.